The second kappa shape index (κ2) is 17.2. The largest absolute Gasteiger partial charge is 0.306 e. The number of benzene rings is 12. The van der Waals surface area contributed by atoms with Gasteiger partial charge in [-0.05, 0) is 116 Å². The van der Waals surface area contributed by atoms with Crippen LogP contribution in [-0.2, 0) is 0 Å². The first kappa shape index (κ1) is 24.6. The molecule has 12 aromatic rings. The summed E-state index contributed by atoms with van der Waals surface area (Å²) in [4.78, 5) is 3.01. The molecule has 0 bridgehead atoms. The van der Waals surface area contributed by atoms with Gasteiger partial charge in [0.2, 0.25) is 0 Å². The van der Waals surface area contributed by atoms with E-state index >= 15 is 8.78 Å². The van der Waals surface area contributed by atoms with Gasteiger partial charge < -0.3 is 9.80 Å². The summed E-state index contributed by atoms with van der Waals surface area (Å²) < 4.78 is 209. The molecule has 0 heterocycles. The van der Waals surface area contributed by atoms with E-state index in [0.717, 1.165) is 0 Å². The topological polar surface area (TPSA) is 6.48 Å². The molecule has 68 heavy (non-hydrogen) atoms. The van der Waals surface area contributed by atoms with Gasteiger partial charge in [0.1, 0.15) is 11.6 Å². The van der Waals surface area contributed by atoms with Crippen molar-refractivity contribution in [1.29, 1.82) is 0 Å². The third kappa shape index (κ3) is 7.11. The Hall–Kier alpha value is -8.86. The summed E-state index contributed by atoms with van der Waals surface area (Å²) in [6.45, 7) is 0. The van der Waals surface area contributed by atoms with Gasteiger partial charge in [-0.1, -0.05) is 194 Å². The molecular weight excluding hydrogens is 835 g/mol. The first-order chi connectivity index (χ1) is 41.9. The summed E-state index contributed by atoms with van der Waals surface area (Å²) in [5, 5.41) is 3.18. The number of anilines is 6. The lowest BCUT2D eigenvalue weighted by Gasteiger charge is -2.32. The van der Waals surface area contributed by atoms with E-state index in [1.807, 2.05) is 6.07 Å². The molecule has 0 radical (unpaired) electrons. The average Bonchev–Trinajstić information content (AvgIpc) is 0.728. The predicted octanol–water partition coefficient (Wildman–Crippen LogP) is 18.5. The van der Waals surface area contributed by atoms with Crippen molar-refractivity contribution in [2.24, 2.45) is 0 Å². The van der Waals surface area contributed by atoms with E-state index < -0.39 is 132 Å². The van der Waals surface area contributed by atoms with Gasteiger partial charge >= 0.3 is 0 Å². The fourth-order valence-electron chi connectivity index (χ4n) is 8.95. The summed E-state index contributed by atoms with van der Waals surface area (Å²) in [7, 11) is 0. The predicted molar refractivity (Wildman–Crippen MR) is 281 cm³/mol. The highest BCUT2D eigenvalue weighted by molar-refractivity contribution is 6.29. The van der Waals surface area contributed by atoms with Crippen molar-refractivity contribution in [2.75, 3.05) is 9.80 Å². The van der Waals surface area contributed by atoms with Crippen LogP contribution in [0, 0.1) is 11.6 Å². The molecule has 2 nitrogen and oxygen atoms in total. The van der Waals surface area contributed by atoms with E-state index in [1.54, 1.807) is 54.6 Å². The molecule has 0 aliphatic rings. The Bertz CT molecular complexity index is 4880. The van der Waals surface area contributed by atoms with Crippen molar-refractivity contribution >= 4 is 66.4 Å². The van der Waals surface area contributed by atoms with Crippen molar-refractivity contribution in [3.63, 3.8) is 0 Å². The fourth-order valence-corrected chi connectivity index (χ4v) is 8.95. The average molecular weight is 897 g/mol. The number of hydrogen-bond acceptors (Lipinski definition) is 2. The maximum atomic E-state index is 17.1. The second-order valence-corrected chi connectivity index (χ2v) is 15.6. The molecule has 322 valence electrons. The zero-order valence-corrected chi connectivity index (χ0v) is 35.4. The van der Waals surface area contributed by atoms with E-state index in [2.05, 4.69) is 0 Å². The number of rotatable bonds is 10. The SMILES string of the molecule is [2H]c1c([2H])c([2H])c(-c2ccc(N(c3ccccc3F)c3cc4ccc(N(c5ccccc5F)c5ccc(-c6c([2H])c([2H])c([2H])c([2H])c6[2H])cc5-c5c([2H])c([2H])c([2H])c([2H])c5[2H])c5ccc6cccc3c6c45)c(-c3c([2H])c([2H])c([2H])c([2H])c3[2H])c2)c([2H])c1[2H]. The van der Waals surface area contributed by atoms with Crippen molar-refractivity contribution in [3.05, 3.63) is 266 Å². The molecule has 0 saturated heterocycles. The molecule has 0 amide bonds. The monoisotopic (exact) mass is 896 g/mol. The smallest absolute Gasteiger partial charge is 0.147 e. The van der Waals surface area contributed by atoms with Crippen molar-refractivity contribution < 1.29 is 36.2 Å². The van der Waals surface area contributed by atoms with Crippen molar-refractivity contribution in [2.45, 2.75) is 0 Å². The molecule has 12 rings (SSSR count). The highest BCUT2D eigenvalue weighted by Crippen LogP contribution is 2.52. The molecule has 0 aliphatic heterocycles. The molecule has 0 aromatic heterocycles. The minimum Gasteiger partial charge on any atom is -0.306 e. The van der Waals surface area contributed by atoms with E-state index in [0.29, 0.717) is 32.3 Å². The van der Waals surface area contributed by atoms with Gasteiger partial charge in [-0.25, -0.2) is 8.78 Å². The Morgan fingerprint density at radius 3 is 1.24 bits per heavy atom. The van der Waals surface area contributed by atoms with Crippen LogP contribution < -0.4 is 9.80 Å². The third-order valence-corrected chi connectivity index (χ3v) is 11.9. The molecule has 12 aromatic carbocycles. The van der Waals surface area contributed by atoms with Crippen LogP contribution in [0.5, 0.6) is 0 Å². The minimum atomic E-state index is -0.760. The molecule has 4 heteroatoms. The standard InChI is InChI=1S/C64H42F2N2/c65-55-28-13-15-30-60(55)67(58-37-33-48(43-18-5-1-6-19-43)40-53(58)45-22-9-3-10-23-45)57-39-35-50-42-62(51-27-17-26-47-32-36-52(57)64(50)63(47)51)68(61-31-16-14-29-56(61)66)59-38-34-49(44-20-7-2-8-21-44)41-54(59)46-24-11-4-12-25-46/h1-42H/i1D,2D,3D,4D,5D,6D,7D,8D,9D,10D,11D,12D,18D,19D,20D,21D,22D,23D,24D,25D. The molecule has 0 saturated carbocycles. The van der Waals surface area contributed by atoms with Crippen LogP contribution in [0.3, 0.4) is 0 Å². The molecular formula is C64H42F2N2. The third-order valence-electron chi connectivity index (χ3n) is 11.9. The quantitative estimate of drug-likeness (QED) is 0.126. The molecule has 0 unspecified atom stereocenters. The summed E-state index contributed by atoms with van der Waals surface area (Å²) in [6.07, 6.45) is 0. The van der Waals surface area contributed by atoms with Crippen LogP contribution in [-0.4, -0.2) is 0 Å². The summed E-state index contributed by atoms with van der Waals surface area (Å²) in [5.41, 5.74) is -0.934. The van der Waals surface area contributed by atoms with E-state index in [4.69, 9.17) is 21.9 Å². The first-order valence-corrected chi connectivity index (χ1v) is 21.2. The number of hydrogen-bond donors (Lipinski definition) is 0. The fraction of sp³-hybridized carbons (Fsp3) is 0. The Labute approximate surface area is 422 Å². The van der Waals surface area contributed by atoms with Gasteiger partial charge in [-0.2, -0.15) is 0 Å². The second-order valence-electron chi connectivity index (χ2n) is 15.6. The Morgan fingerprint density at radius 1 is 0.294 bits per heavy atom. The first-order valence-electron chi connectivity index (χ1n) is 31.2. The molecule has 0 aliphatic carbocycles. The van der Waals surface area contributed by atoms with E-state index in [1.165, 1.54) is 82.6 Å². The Kier molecular flexibility index (Phi) is 6.21. The molecule has 0 atom stereocenters. The van der Waals surface area contributed by atoms with Crippen LogP contribution in [0.15, 0.2) is 254 Å². The van der Waals surface area contributed by atoms with Gasteiger partial charge in [0.05, 0.1) is 61.5 Å². The zero-order valence-electron chi connectivity index (χ0n) is 55.4. The van der Waals surface area contributed by atoms with E-state index in [9.17, 15) is 5.48 Å². The summed E-state index contributed by atoms with van der Waals surface area (Å²) in [5.74, 6) is -1.52. The maximum Gasteiger partial charge on any atom is 0.147 e. The van der Waals surface area contributed by atoms with Crippen molar-refractivity contribution in [1.82, 2.24) is 0 Å². The van der Waals surface area contributed by atoms with Crippen LogP contribution >= 0.6 is 0 Å². The molecule has 0 N–H and O–H groups in total. The number of nitrogens with zero attached hydrogens (tertiary/aromatic N) is 2. The van der Waals surface area contributed by atoms with E-state index in [-0.39, 0.29) is 78.6 Å². The minimum absolute atomic E-state index is 0.0104. The summed E-state index contributed by atoms with van der Waals surface area (Å²) >= 11 is 0. The van der Waals surface area contributed by atoms with Crippen LogP contribution in [0.25, 0.3) is 76.8 Å². The maximum absolute atomic E-state index is 17.1. The van der Waals surface area contributed by atoms with Crippen molar-refractivity contribution in [3.8, 4) is 44.5 Å². The van der Waals surface area contributed by atoms with Gasteiger partial charge in [-0.3, -0.25) is 0 Å². The Balaban J connectivity index is 1.17. The van der Waals surface area contributed by atoms with Gasteiger partial charge in [0.25, 0.3) is 0 Å². The summed E-state index contributed by atoms with van der Waals surface area (Å²) in [6, 6.07) is 21.0. The normalized spacial score (nSPS) is 15.5. The molecule has 0 fully saturated rings. The highest BCUT2D eigenvalue weighted by atomic mass is 19.1. The lowest BCUT2D eigenvalue weighted by molar-refractivity contribution is 0.628. The van der Waals surface area contributed by atoms with Crippen LogP contribution in [0.2, 0.25) is 0 Å². The van der Waals surface area contributed by atoms with Crippen LogP contribution in [0.1, 0.15) is 27.4 Å². The lowest BCUT2D eigenvalue weighted by Crippen LogP contribution is -2.14. The lowest BCUT2D eigenvalue weighted by atomic mass is 9.90. The zero-order chi connectivity index (χ0) is 63.0. The van der Waals surface area contributed by atoms with Gasteiger partial charge in [0, 0.05) is 21.9 Å². The Morgan fingerprint density at radius 2 is 0.721 bits per heavy atom. The molecule has 0 spiro atoms. The van der Waals surface area contributed by atoms with Gasteiger partial charge in [0.15, 0.2) is 0 Å². The van der Waals surface area contributed by atoms with Crippen LogP contribution in [0.4, 0.5) is 42.9 Å². The number of para-hydroxylation sites is 2. The highest BCUT2D eigenvalue weighted by Gasteiger charge is 2.27. The number of halogens is 2. The van der Waals surface area contributed by atoms with Gasteiger partial charge in [-0.15, -0.1) is 0 Å².